The van der Waals surface area contributed by atoms with Gasteiger partial charge in [0.25, 0.3) is 0 Å². The third-order valence-electron chi connectivity index (χ3n) is 5.20. The summed E-state index contributed by atoms with van der Waals surface area (Å²) in [5.41, 5.74) is 0.534. The Balaban J connectivity index is 1.33. The van der Waals surface area contributed by atoms with E-state index in [0.717, 1.165) is 49.9 Å². The Kier molecular flexibility index (Phi) is 5.55. The summed E-state index contributed by atoms with van der Waals surface area (Å²) in [5.74, 6) is 0.435. The molecule has 2 aromatic rings. The van der Waals surface area contributed by atoms with Crippen LogP contribution >= 0.6 is 0 Å². The van der Waals surface area contributed by atoms with Gasteiger partial charge in [-0.1, -0.05) is 18.6 Å². The van der Waals surface area contributed by atoms with Gasteiger partial charge in [0.2, 0.25) is 15.9 Å². The summed E-state index contributed by atoms with van der Waals surface area (Å²) in [6.07, 6.45) is 5.56. The minimum atomic E-state index is -3.48. The van der Waals surface area contributed by atoms with Crippen LogP contribution in [-0.2, 0) is 40.9 Å². The lowest BCUT2D eigenvalue weighted by Gasteiger charge is -2.08. The zero-order valence-electron chi connectivity index (χ0n) is 16.1. The first kappa shape index (κ1) is 19.8. The molecule has 156 valence electrons. The van der Waals surface area contributed by atoms with Gasteiger partial charge in [-0.2, -0.15) is 5.10 Å². The van der Waals surface area contributed by atoms with Crippen LogP contribution in [0.4, 0.5) is 0 Å². The number of amides is 1. The molecule has 1 fully saturated rings. The summed E-state index contributed by atoms with van der Waals surface area (Å²) in [5, 5.41) is 7.06. The molecule has 1 aliphatic carbocycles. The number of sulfonamides is 1. The summed E-state index contributed by atoms with van der Waals surface area (Å²) in [4.78, 5) is 24.9. The third-order valence-corrected chi connectivity index (χ3v) is 6.73. The van der Waals surface area contributed by atoms with Crippen LogP contribution in [0.5, 0.6) is 0 Å². The summed E-state index contributed by atoms with van der Waals surface area (Å²) < 4.78 is 29.9. The minimum Gasteiger partial charge on any atom is -0.350 e. The molecule has 2 aliphatic rings. The van der Waals surface area contributed by atoms with Gasteiger partial charge in [0.1, 0.15) is 12.4 Å². The van der Waals surface area contributed by atoms with Crippen molar-refractivity contribution in [2.45, 2.75) is 69.1 Å². The summed E-state index contributed by atoms with van der Waals surface area (Å²) in [7, 11) is -3.48. The van der Waals surface area contributed by atoms with Gasteiger partial charge in [-0.25, -0.2) is 22.6 Å². The fraction of sp³-hybridized carbons (Fsp3) is 0.526. The second-order valence-corrected chi connectivity index (χ2v) is 9.35. The normalized spacial score (nSPS) is 16.8. The molecule has 2 N–H and O–H groups in total. The Hall–Kier alpha value is -2.46. The third kappa shape index (κ3) is 4.76. The lowest BCUT2D eigenvalue weighted by Crippen LogP contribution is -2.33. The molecule has 1 amide bonds. The smallest absolute Gasteiger partial charge is 0.346 e. The zero-order chi connectivity index (χ0) is 20.4. The molecule has 2 heterocycles. The lowest BCUT2D eigenvalue weighted by atomic mass is 10.2. The summed E-state index contributed by atoms with van der Waals surface area (Å²) in [6.45, 7) is 0.773. The second kappa shape index (κ2) is 8.11. The van der Waals surface area contributed by atoms with Crippen molar-refractivity contribution in [2.24, 2.45) is 0 Å². The van der Waals surface area contributed by atoms with Gasteiger partial charge in [0.15, 0.2) is 0 Å². The van der Waals surface area contributed by atoms with Crippen LogP contribution in [0.3, 0.4) is 0 Å². The maximum absolute atomic E-state index is 12.4. The van der Waals surface area contributed by atoms with E-state index in [0.29, 0.717) is 6.54 Å². The number of carbonyl (C=O) groups is 1. The second-order valence-electron chi connectivity index (χ2n) is 7.63. The highest BCUT2D eigenvalue weighted by Gasteiger charge is 2.27. The molecule has 9 nitrogen and oxygen atoms in total. The van der Waals surface area contributed by atoms with Gasteiger partial charge in [-0.3, -0.25) is 9.36 Å². The van der Waals surface area contributed by atoms with E-state index in [4.69, 9.17) is 0 Å². The maximum Gasteiger partial charge on any atom is 0.346 e. The van der Waals surface area contributed by atoms with E-state index in [-0.39, 0.29) is 35.6 Å². The number of aromatic nitrogens is 3. The van der Waals surface area contributed by atoms with Crippen LogP contribution in [0.15, 0.2) is 34.0 Å². The number of carbonyl (C=O) groups excluding carboxylic acids is 1. The number of fused-ring (bicyclic) bond motifs is 1. The van der Waals surface area contributed by atoms with E-state index < -0.39 is 10.0 Å². The largest absolute Gasteiger partial charge is 0.350 e. The highest BCUT2D eigenvalue weighted by molar-refractivity contribution is 7.89. The summed E-state index contributed by atoms with van der Waals surface area (Å²) in [6, 6.07) is 6.46. The molecular formula is C19H25N5O4S. The molecule has 1 aromatic heterocycles. The van der Waals surface area contributed by atoms with Gasteiger partial charge >= 0.3 is 5.69 Å². The zero-order valence-corrected chi connectivity index (χ0v) is 17.0. The van der Waals surface area contributed by atoms with Crippen molar-refractivity contribution in [1.82, 2.24) is 24.4 Å². The van der Waals surface area contributed by atoms with Crippen molar-refractivity contribution in [3.8, 4) is 0 Å². The van der Waals surface area contributed by atoms with Gasteiger partial charge < -0.3 is 5.32 Å². The molecular weight excluding hydrogens is 394 g/mol. The maximum atomic E-state index is 12.4. The molecule has 0 atom stereocenters. The van der Waals surface area contributed by atoms with Gasteiger partial charge in [0, 0.05) is 25.6 Å². The molecule has 0 bridgehead atoms. The first-order valence-corrected chi connectivity index (χ1v) is 11.5. The number of nitrogens with zero attached hydrogens (tertiary/aromatic N) is 3. The Bertz CT molecular complexity index is 1050. The Morgan fingerprint density at radius 1 is 1.14 bits per heavy atom. The number of nitrogens with one attached hydrogen (secondary N) is 2. The molecule has 0 radical (unpaired) electrons. The summed E-state index contributed by atoms with van der Waals surface area (Å²) >= 11 is 0. The molecule has 0 unspecified atom stereocenters. The standard InChI is InChI=1S/C19H25N5O4S/c25-18(13-24-19(26)23-11-3-1-2-4-17(23)21-24)20-12-14-5-9-16(10-6-14)29(27,28)22-15-7-8-15/h5-6,9-10,15,22H,1-4,7-8,11-13H2,(H,20,25). The first-order chi connectivity index (χ1) is 13.9. The van der Waals surface area contributed by atoms with Crippen molar-refractivity contribution in [3.05, 3.63) is 46.1 Å². The van der Waals surface area contributed by atoms with Gasteiger partial charge in [0.05, 0.1) is 4.90 Å². The Labute approximate surface area is 169 Å². The van der Waals surface area contributed by atoms with Crippen LogP contribution in [0.2, 0.25) is 0 Å². The van der Waals surface area contributed by atoms with Crippen LogP contribution in [-0.4, -0.2) is 34.7 Å². The van der Waals surface area contributed by atoms with E-state index in [9.17, 15) is 18.0 Å². The molecule has 4 rings (SSSR count). The van der Waals surface area contributed by atoms with Crippen molar-refractivity contribution in [1.29, 1.82) is 0 Å². The van der Waals surface area contributed by atoms with Crippen molar-refractivity contribution in [3.63, 3.8) is 0 Å². The van der Waals surface area contributed by atoms with E-state index in [1.165, 1.54) is 16.8 Å². The predicted molar refractivity (Wildman–Crippen MR) is 106 cm³/mol. The van der Waals surface area contributed by atoms with Crippen LogP contribution in [0.25, 0.3) is 0 Å². The highest BCUT2D eigenvalue weighted by atomic mass is 32.2. The van der Waals surface area contributed by atoms with Crippen LogP contribution < -0.4 is 15.7 Å². The molecule has 0 saturated heterocycles. The number of hydrogen-bond acceptors (Lipinski definition) is 5. The number of hydrogen-bond donors (Lipinski definition) is 2. The Morgan fingerprint density at radius 2 is 1.90 bits per heavy atom. The fourth-order valence-electron chi connectivity index (χ4n) is 3.40. The lowest BCUT2D eigenvalue weighted by molar-refractivity contribution is -0.122. The fourth-order valence-corrected chi connectivity index (χ4v) is 4.70. The van der Waals surface area contributed by atoms with E-state index in [2.05, 4.69) is 15.1 Å². The van der Waals surface area contributed by atoms with Gasteiger partial charge in [-0.15, -0.1) is 0 Å². The minimum absolute atomic E-state index is 0.0559. The molecule has 1 aliphatic heterocycles. The van der Waals surface area contributed by atoms with Crippen LogP contribution in [0.1, 0.15) is 43.5 Å². The average molecular weight is 420 g/mol. The monoisotopic (exact) mass is 419 g/mol. The first-order valence-electron chi connectivity index (χ1n) is 9.97. The average Bonchev–Trinajstić information content (AvgIpc) is 3.49. The molecule has 1 aromatic carbocycles. The number of benzene rings is 1. The molecule has 10 heteroatoms. The van der Waals surface area contributed by atoms with Crippen molar-refractivity contribution in [2.75, 3.05) is 0 Å². The quantitative estimate of drug-likeness (QED) is 0.679. The number of aryl methyl sites for hydroxylation is 1. The van der Waals surface area contributed by atoms with Crippen molar-refractivity contribution >= 4 is 15.9 Å². The van der Waals surface area contributed by atoms with Crippen molar-refractivity contribution < 1.29 is 13.2 Å². The number of rotatable bonds is 7. The Morgan fingerprint density at radius 3 is 2.62 bits per heavy atom. The van der Waals surface area contributed by atoms with E-state index in [1.54, 1.807) is 16.7 Å². The van der Waals surface area contributed by atoms with Gasteiger partial charge in [-0.05, 0) is 43.4 Å². The van der Waals surface area contributed by atoms with Crippen LogP contribution in [0, 0.1) is 0 Å². The molecule has 29 heavy (non-hydrogen) atoms. The SMILES string of the molecule is O=C(Cn1nc2n(c1=O)CCCCC2)NCc1ccc(S(=O)(=O)NC2CC2)cc1. The molecule has 0 spiro atoms. The predicted octanol–water partition coefficient (Wildman–Crippen LogP) is 0.528. The van der Waals surface area contributed by atoms with E-state index in [1.807, 2.05) is 0 Å². The highest BCUT2D eigenvalue weighted by Crippen LogP contribution is 2.22. The topological polar surface area (TPSA) is 115 Å². The molecule has 1 saturated carbocycles. The van der Waals surface area contributed by atoms with E-state index >= 15 is 0 Å².